The molecule has 10 rings (SSSR count). The predicted molar refractivity (Wildman–Crippen MR) is 189 cm³/mol. The Kier molecular flexibility index (Phi) is 5.20. The van der Waals surface area contributed by atoms with E-state index in [4.69, 9.17) is 0 Å². The standard InChI is InChI=1S/C40H25N4OP/c45-46(26-23-41-25-42-24-26)39-31(15-9-21-37(39)43-33-17-5-1-11-27(33)28-12-2-6-18-34(28)43)32-16-10-22-38(40(32)46)44-35-19-7-3-13-29(35)30-14-4-8-20-36(30)44/h1-25H. The Morgan fingerprint density at radius 3 is 1.20 bits per heavy atom. The first-order chi connectivity index (χ1) is 22.7. The van der Waals surface area contributed by atoms with Crippen LogP contribution in [0, 0.1) is 0 Å². The number of hydrogen-bond donors (Lipinski definition) is 0. The molecule has 9 aromatic rings. The molecule has 0 saturated heterocycles. The molecule has 5 nitrogen and oxygen atoms in total. The fourth-order valence-electron chi connectivity index (χ4n) is 7.71. The second-order valence-electron chi connectivity index (χ2n) is 11.8. The molecule has 0 saturated carbocycles. The molecule has 1 aliphatic heterocycles. The van der Waals surface area contributed by atoms with Crippen LogP contribution in [0.5, 0.6) is 0 Å². The summed E-state index contributed by atoms with van der Waals surface area (Å²) < 4.78 is 21.1. The van der Waals surface area contributed by atoms with Crippen LogP contribution in [0.2, 0.25) is 0 Å². The van der Waals surface area contributed by atoms with Gasteiger partial charge in [0.15, 0.2) is 7.14 Å². The maximum Gasteiger partial charge on any atom is 0.179 e. The quantitative estimate of drug-likeness (QED) is 0.190. The maximum absolute atomic E-state index is 16.5. The Bertz CT molecular complexity index is 2470. The summed E-state index contributed by atoms with van der Waals surface area (Å²) in [5.41, 5.74) is 8.07. The van der Waals surface area contributed by atoms with Gasteiger partial charge in [0.1, 0.15) is 6.33 Å². The van der Waals surface area contributed by atoms with Crippen molar-refractivity contribution in [2.75, 3.05) is 0 Å². The van der Waals surface area contributed by atoms with Gasteiger partial charge in [-0.1, -0.05) is 97.1 Å². The van der Waals surface area contributed by atoms with Crippen molar-refractivity contribution in [1.82, 2.24) is 19.1 Å². The van der Waals surface area contributed by atoms with Gasteiger partial charge in [-0.3, -0.25) is 0 Å². The zero-order valence-corrected chi connectivity index (χ0v) is 25.5. The van der Waals surface area contributed by atoms with Crippen LogP contribution in [0.1, 0.15) is 0 Å². The summed E-state index contributed by atoms with van der Waals surface area (Å²) in [6.45, 7) is 0. The highest BCUT2D eigenvalue weighted by molar-refractivity contribution is 7.86. The molecule has 216 valence electrons. The molecule has 3 aromatic heterocycles. The zero-order valence-electron chi connectivity index (χ0n) is 24.6. The third kappa shape index (κ3) is 3.22. The highest BCUT2D eigenvalue weighted by Gasteiger charge is 2.45. The van der Waals surface area contributed by atoms with Gasteiger partial charge in [0.25, 0.3) is 0 Å². The third-order valence-electron chi connectivity index (χ3n) is 9.50. The lowest BCUT2D eigenvalue weighted by molar-refractivity contribution is 0.592. The molecule has 0 unspecified atom stereocenters. The van der Waals surface area contributed by atoms with Crippen molar-refractivity contribution in [3.05, 3.63) is 152 Å². The second kappa shape index (κ2) is 9.37. The van der Waals surface area contributed by atoms with Gasteiger partial charge in [-0.25, -0.2) is 9.97 Å². The topological polar surface area (TPSA) is 52.7 Å². The van der Waals surface area contributed by atoms with Crippen molar-refractivity contribution in [3.63, 3.8) is 0 Å². The van der Waals surface area contributed by atoms with E-state index < -0.39 is 7.14 Å². The van der Waals surface area contributed by atoms with Crippen molar-refractivity contribution < 1.29 is 4.57 Å². The molecule has 4 heterocycles. The van der Waals surface area contributed by atoms with Gasteiger partial charge in [0, 0.05) is 33.9 Å². The third-order valence-corrected chi connectivity index (χ3v) is 12.7. The normalized spacial score (nSPS) is 13.5. The molecular weight excluding hydrogens is 583 g/mol. The average molecular weight is 609 g/mol. The summed E-state index contributed by atoms with van der Waals surface area (Å²) in [4.78, 5) is 8.82. The number of aromatic nitrogens is 4. The van der Waals surface area contributed by atoms with E-state index in [1.807, 2.05) is 0 Å². The minimum absolute atomic E-state index is 0.622. The van der Waals surface area contributed by atoms with Crippen LogP contribution in [0.4, 0.5) is 0 Å². The minimum Gasteiger partial charge on any atom is -0.308 e. The summed E-state index contributed by atoms with van der Waals surface area (Å²) in [6, 6.07) is 46.5. The van der Waals surface area contributed by atoms with Crippen molar-refractivity contribution in [2.45, 2.75) is 0 Å². The fraction of sp³-hybridized carbons (Fsp3) is 0. The van der Waals surface area contributed by atoms with Gasteiger partial charge in [-0.15, -0.1) is 0 Å². The second-order valence-corrected chi connectivity index (χ2v) is 14.4. The van der Waals surface area contributed by atoms with Crippen molar-refractivity contribution in [1.29, 1.82) is 0 Å². The number of nitrogens with zero attached hydrogens (tertiary/aromatic N) is 4. The number of rotatable bonds is 3. The molecule has 0 aliphatic carbocycles. The van der Waals surface area contributed by atoms with Crippen LogP contribution in [0.3, 0.4) is 0 Å². The zero-order chi connectivity index (χ0) is 30.4. The Balaban J connectivity index is 1.37. The number of fused-ring (bicyclic) bond motifs is 9. The Morgan fingerprint density at radius 1 is 0.435 bits per heavy atom. The van der Waals surface area contributed by atoms with Crippen LogP contribution in [-0.4, -0.2) is 19.1 Å². The molecule has 0 radical (unpaired) electrons. The number of benzene rings is 6. The molecule has 0 amide bonds. The van der Waals surface area contributed by atoms with Crippen molar-refractivity contribution in [2.24, 2.45) is 0 Å². The van der Waals surface area contributed by atoms with Crippen LogP contribution in [0.15, 0.2) is 152 Å². The molecular formula is C40H25N4OP. The summed E-state index contributed by atoms with van der Waals surface area (Å²) in [6.07, 6.45) is 4.97. The summed E-state index contributed by atoms with van der Waals surface area (Å²) in [5, 5.41) is 6.91. The molecule has 6 heteroatoms. The van der Waals surface area contributed by atoms with Gasteiger partial charge < -0.3 is 13.7 Å². The maximum atomic E-state index is 16.5. The number of para-hydroxylation sites is 4. The highest BCUT2D eigenvalue weighted by Crippen LogP contribution is 2.56. The van der Waals surface area contributed by atoms with Crippen molar-refractivity contribution in [3.8, 4) is 22.5 Å². The van der Waals surface area contributed by atoms with Crippen LogP contribution in [-0.2, 0) is 4.57 Å². The van der Waals surface area contributed by atoms with Gasteiger partial charge in [-0.2, -0.15) is 0 Å². The van der Waals surface area contributed by atoms with E-state index in [9.17, 15) is 0 Å². The van der Waals surface area contributed by atoms with Gasteiger partial charge >= 0.3 is 0 Å². The first-order valence-electron chi connectivity index (χ1n) is 15.4. The van der Waals surface area contributed by atoms with Crippen LogP contribution < -0.4 is 15.9 Å². The average Bonchev–Trinajstić information content (AvgIpc) is 3.73. The van der Waals surface area contributed by atoms with Crippen LogP contribution >= 0.6 is 7.14 Å². The lowest BCUT2D eigenvalue weighted by atomic mass is 10.0. The van der Waals surface area contributed by atoms with E-state index in [1.54, 1.807) is 12.4 Å². The van der Waals surface area contributed by atoms with Crippen molar-refractivity contribution >= 4 is 66.7 Å². The monoisotopic (exact) mass is 608 g/mol. The van der Waals surface area contributed by atoms with E-state index in [-0.39, 0.29) is 0 Å². The fourth-order valence-corrected chi connectivity index (χ4v) is 11.0. The van der Waals surface area contributed by atoms with Gasteiger partial charge in [0.05, 0.1) is 49.4 Å². The van der Waals surface area contributed by atoms with E-state index >= 15 is 4.57 Å². The van der Waals surface area contributed by atoms with E-state index in [0.29, 0.717) is 5.30 Å². The van der Waals surface area contributed by atoms with Gasteiger partial charge in [0.2, 0.25) is 0 Å². The first-order valence-corrected chi connectivity index (χ1v) is 17.1. The number of hydrogen-bond acceptors (Lipinski definition) is 3. The summed E-state index contributed by atoms with van der Waals surface area (Å²) in [5.74, 6) is 0. The Hall–Kier alpha value is -5.77. The molecule has 1 aliphatic rings. The smallest absolute Gasteiger partial charge is 0.179 e. The van der Waals surface area contributed by atoms with E-state index in [1.165, 1.54) is 6.33 Å². The molecule has 0 N–H and O–H groups in total. The van der Waals surface area contributed by atoms with E-state index in [2.05, 4.69) is 153 Å². The molecule has 6 aromatic carbocycles. The van der Waals surface area contributed by atoms with Gasteiger partial charge in [-0.05, 0) is 47.5 Å². The van der Waals surface area contributed by atoms with E-state index in [0.717, 1.165) is 76.7 Å². The highest BCUT2D eigenvalue weighted by atomic mass is 31.2. The summed E-state index contributed by atoms with van der Waals surface area (Å²) in [7, 11) is -3.54. The largest absolute Gasteiger partial charge is 0.308 e. The Labute approximate surface area is 264 Å². The Morgan fingerprint density at radius 2 is 0.804 bits per heavy atom. The summed E-state index contributed by atoms with van der Waals surface area (Å²) >= 11 is 0. The minimum atomic E-state index is -3.54. The lowest BCUT2D eigenvalue weighted by Gasteiger charge is -2.22. The molecule has 0 atom stereocenters. The molecule has 46 heavy (non-hydrogen) atoms. The molecule has 0 fully saturated rings. The molecule has 0 spiro atoms. The predicted octanol–water partition coefficient (Wildman–Crippen LogP) is 8.29. The first kappa shape index (κ1) is 25.5. The SMILES string of the molecule is O=P1(c2cncnc2)c2c(cccc2-n2c3ccccc3c3ccccc32)-c2cccc(-n3c4ccccc4c4ccccc43)c21. The molecule has 0 bridgehead atoms. The lowest BCUT2D eigenvalue weighted by Crippen LogP contribution is -2.26. The van der Waals surface area contributed by atoms with Crippen LogP contribution in [0.25, 0.3) is 66.1 Å².